The van der Waals surface area contributed by atoms with Gasteiger partial charge in [-0.05, 0) is 60.2 Å². The molecular formula is C27H35NO3. The topological polar surface area (TPSA) is 39.7 Å². The fourth-order valence-electron chi connectivity index (χ4n) is 4.93. The highest BCUT2D eigenvalue weighted by Crippen LogP contribution is 2.51. The summed E-state index contributed by atoms with van der Waals surface area (Å²) in [5, 5.41) is 3.80. The van der Waals surface area contributed by atoms with E-state index in [1.165, 1.54) is 42.5 Å². The number of anilines is 1. The summed E-state index contributed by atoms with van der Waals surface area (Å²) in [6.45, 7) is 3.05. The number of nitrogens with one attached hydrogen (secondary N) is 1. The molecule has 1 N–H and O–H groups in total. The molecule has 0 fully saturated rings. The fourth-order valence-corrected chi connectivity index (χ4v) is 4.93. The minimum Gasteiger partial charge on any atom is -0.494 e. The average Bonchev–Trinajstić information content (AvgIpc) is 3.30. The van der Waals surface area contributed by atoms with Crippen molar-refractivity contribution >= 4 is 5.69 Å². The van der Waals surface area contributed by atoms with Crippen LogP contribution in [0, 0.1) is 5.92 Å². The number of fused-ring (bicyclic) bond motifs is 3. The molecule has 2 aromatic carbocycles. The van der Waals surface area contributed by atoms with Gasteiger partial charge in [0, 0.05) is 11.6 Å². The quantitative estimate of drug-likeness (QED) is 0.335. The molecule has 31 heavy (non-hydrogen) atoms. The van der Waals surface area contributed by atoms with Crippen LogP contribution in [0.2, 0.25) is 0 Å². The van der Waals surface area contributed by atoms with Crippen molar-refractivity contribution in [2.75, 3.05) is 26.1 Å². The molecule has 4 nitrogen and oxygen atoms in total. The molecule has 1 aliphatic heterocycles. The normalized spacial score (nSPS) is 21.2. The molecule has 4 rings (SSSR count). The van der Waals surface area contributed by atoms with Crippen LogP contribution in [-0.4, -0.2) is 20.8 Å². The molecule has 1 aliphatic carbocycles. The lowest BCUT2D eigenvalue weighted by atomic mass is 9.77. The summed E-state index contributed by atoms with van der Waals surface area (Å²) < 4.78 is 17.1. The predicted octanol–water partition coefficient (Wildman–Crippen LogP) is 6.88. The Labute approximate surface area is 186 Å². The van der Waals surface area contributed by atoms with Crippen LogP contribution < -0.4 is 19.5 Å². The van der Waals surface area contributed by atoms with Gasteiger partial charge in [-0.15, -0.1) is 0 Å². The lowest BCUT2D eigenvalue weighted by molar-refractivity contribution is 0.303. The molecule has 0 aromatic heterocycles. The molecule has 0 amide bonds. The number of allylic oxidation sites excluding steroid dienone is 2. The van der Waals surface area contributed by atoms with Crippen molar-refractivity contribution in [3.05, 3.63) is 59.7 Å². The summed E-state index contributed by atoms with van der Waals surface area (Å²) in [6.07, 6.45) is 12.0. The number of rotatable bonds is 10. The van der Waals surface area contributed by atoms with E-state index in [9.17, 15) is 0 Å². The third kappa shape index (κ3) is 4.68. The Hall–Kier alpha value is -2.62. The molecule has 0 spiro atoms. The Morgan fingerprint density at radius 1 is 0.935 bits per heavy atom. The van der Waals surface area contributed by atoms with Crippen LogP contribution >= 0.6 is 0 Å². The largest absolute Gasteiger partial charge is 0.494 e. The van der Waals surface area contributed by atoms with Gasteiger partial charge in [0.2, 0.25) is 0 Å². The van der Waals surface area contributed by atoms with Gasteiger partial charge in [0.25, 0.3) is 0 Å². The van der Waals surface area contributed by atoms with Crippen LogP contribution in [-0.2, 0) is 0 Å². The van der Waals surface area contributed by atoms with E-state index in [-0.39, 0.29) is 6.04 Å². The van der Waals surface area contributed by atoms with E-state index in [1.54, 1.807) is 14.2 Å². The number of methoxy groups -OCH3 is 2. The summed E-state index contributed by atoms with van der Waals surface area (Å²) >= 11 is 0. The molecule has 1 heterocycles. The summed E-state index contributed by atoms with van der Waals surface area (Å²) in [6, 6.07) is 13.0. The second-order valence-corrected chi connectivity index (χ2v) is 8.60. The first-order valence-corrected chi connectivity index (χ1v) is 11.7. The van der Waals surface area contributed by atoms with Crippen LogP contribution in [0.15, 0.2) is 48.6 Å². The van der Waals surface area contributed by atoms with Gasteiger partial charge < -0.3 is 19.5 Å². The number of unbranched alkanes of at least 4 members (excludes halogenated alkanes) is 4. The first-order valence-electron chi connectivity index (χ1n) is 11.7. The molecular weight excluding hydrogens is 386 g/mol. The second kappa shape index (κ2) is 10.1. The number of hydrogen-bond donors (Lipinski definition) is 1. The van der Waals surface area contributed by atoms with E-state index in [2.05, 4.69) is 54.7 Å². The Morgan fingerprint density at radius 2 is 1.77 bits per heavy atom. The highest BCUT2D eigenvalue weighted by molar-refractivity contribution is 5.62. The molecule has 3 atom stereocenters. The summed E-state index contributed by atoms with van der Waals surface area (Å²) in [7, 11) is 3.37. The van der Waals surface area contributed by atoms with E-state index in [1.807, 2.05) is 6.07 Å². The smallest absolute Gasteiger partial charge is 0.161 e. The number of hydrogen-bond acceptors (Lipinski definition) is 4. The average molecular weight is 422 g/mol. The zero-order valence-corrected chi connectivity index (χ0v) is 19.0. The molecule has 0 bridgehead atoms. The van der Waals surface area contributed by atoms with Crippen LogP contribution in [0.4, 0.5) is 5.69 Å². The van der Waals surface area contributed by atoms with Crippen LogP contribution in [0.25, 0.3) is 0 Å². The highest BCUT2D eigenvalue weighted by atomic mass is 16.5. The first-order chi connectivity index (χ1) is 15.2. The molecule has 0 saturated carbocycles. The van der Waals surface area contributed by atoms with Crippen molar-refractivity contribution in [3.8, 4) is 17.2 Å². The van der Waals surface area contributed by atoms with Crippen molar-refractivity contribution in [1.82, 2.24) is 0 Å². The van der Waals surface area contributed by atoms with E-state index in [4.69, 9.17) is 14.2 Å². The minimum absolute atomic E-state index is 0.234. The molecule has 0 saturated heterocycles. The predicted molar refractivity (Wildman–Crippen MR) is 127 cm³/mol. The van der Waals surface area contributed by atoms with Crippen LogP contribution in [0.3, 0.4) is 0 Å². The van der Waals surface area contributed by atoms with Gasteiger partial charge in [0.1, 0.15) is 5.75 Å². The minimum atomic E-state index is 0.234. The van der Waals surface area contributed by atoms with Crippen molar-refractivity contribution in [3.63, 3.8) is 0 Å². The zero-order valence-electron chi connectivity index (χ0n) is 19.0. The maximum atomic E-state index is 6.09. The van der Waals surface area contributed by atoms with E-state index < -0.39 is 0 Å². The van der Waals surface area contributed by atoms with E-state index >= 15 is 0 Å². The Morgan fingerprint density at radius 3 is 2.58 bits per heavy atom. The number of ether oxygens (including phenoxy) is 3. The van der Waals surface area contributed by atoms with Gasteiger partial charge in [-0.25, -0.2) is 0 Å². The van der Waals surface area contributed by atoms with Crippen LogP contribution in [0.1, 0.15) is 68.5 Å². The maximum absolute atomic E-state index is 6.09. The number of benzene rings is 2. The van der Waals surface area contributed by atoms with Gasteiger partial charge >= 0.3 is 0 Å². The fraction of sp³-hybridized carbons (Fsp3) is 0.481. The van der Waals surface area contributed by atoms with Crippen LogP contribution in [0.5, 0.6) is 17.2 Å². The third-order valence-corrected chi connectivity index (χ3v) is 6.62. The lowest BCUT2D eigenvalue weighted by Crippen LogP contribution is -2.29. The van der Waals surface area contributed by atoms with Crippen molar-refractivity contribution < 1.29 is 14.2 Å². The molecule has 0 radical (unpaired) electrons. The highest BCUT2D eigenvalue weighted by Gasteiger charge is 2.38. The molecule has 4 heteroatoms. The summed E-state index contributed by atoms with van der Waals surface area (Å²) in [5.74, 6) is 3.41. The third-order valence-electron chi connectivity index (χ3n) is 6.62. The van der Waals surface area contributed by atoms with Gasteiger partial charge in [0.05, 0.1) is 26.9 Å². The second-order valence-electron chi connectivity index (χ2n) is 8.60. The summed E-state index contributed by atoms with van der Waals surface area (Å²) in [4.78, 5) is 0. The van der Waals surface area contributed by atoms with Gasteiger partial charge in [-0.2, -0.15) is 0 Å². The van der Waals surface area contributed by atoms with Crippen molar-refractivity contribution in [2.45, 2.75) is 57.4 Å². The van der Waals surface area contributed by atoms with Gasteiger partial charge in [-0.1, -0.05) is 50.8 Å². The first kappa shape index (κ1) is 21.6. The van der Waals surface area contributed by atoms with Crippen molar-refractivity contribution in [1.29, 1.82) is 0 Å². The van der Waals surface area contributed by atoms with Gasteiger partial charge in [0.15, 0.2) is 11.5 Å². The van der Waals surface area contributed by atoms with Gasteiger partial charge in [-0.3, -0.25) is 0 Å². The lowest BCUT2D eigenvalue weighted by Gasteiger charge is -2.37. The summed E-state index contributed by atoms with van der Waals surface area (Å²) in [5.41, 5.74) is 3.77. The molecule has 2 aromatic rings. The Balaban J connectivity index is 1.50. The molecule has 3 unspecified atom stereocenters. The zero-order chi connectivity index (χ0) is 21.6. The SMILES string of the molecule is CCCCCCCOc1ccc2c(c1)C1C=CCC1C(c1ccc(OC)c(OC)c1)N2. The molecule has 166 valence electrons. The maximum Gasteiger partial charge on any atom is 0.161 e. The monoisotopic (exact) mass is 421 g/mol. The Bertz CT molecular complexity index is 907. The van der Waals surface area contributed by atoms with E-state index in [0.717, 1.165) is 36.7 Å². The Kier molecular flexibility index (Phi) is 7.06. The molecule has 2 aliphatic rings. The van der Waals surface area contributed by atoms with Crippen molar-refractivity contribution in [2.24, 2.45) is 5.92 Å². The van der Waals surface area contributed by atoms with E-state index in [0.29, 0.717) is 11.8 Å². The standard InChI is InChI=1S/C27H35NO3/c1-4-5-6-7-8-16-31-20-13-14-24-23(18-20)21-10-9-11-22(21)27(28-24)19-12-15-25(29-2)26(17-19)30-3/h9-10,12-15,17-18,21-22,27-28H,4-8,11,16H2,1-3H3.